The summed E-state index contributed by atoms with van der Waals surface area (Å²) in [5.74, 6) is 0. The van der Waals surface area contributed by atoms with Crippen molar-refractivity contribution in [3.8, 4) is 44.5 Å². The first kappa shape index (κ1) is 46.1. The minimum absolute atomic E-state index is 0.0668. The Morgan fingerprint density at radius 2 is 0.591 bits per heavy atom. The SMILES string of the molecule is CC(C)(C)c1cc(-c2c3nc(c(-c4ccc(I)cc4)c4nc(c(-c5ccc(I)cc5)c5ccc([nH]5)c(-c5cc(C(C)(C)C)cc(C(C)(C)C)c5)c5ccc2[nH]5)C=C4)C=C3)cc(C(C)(C)C)c1. The molecule has 2 aliphatic rings. The van der Waals surface area contributed by atoms with Gasteiger partial charge in [0.15, 0.2) is 0 Å². The van der Waals surface area contributed by atoms with Gasteiger partial charge in [-0.25, -0.2) is 9.97 Å². The van der Waals surface area contributed by atoms with Gasteiger partial charge in [-0.15, -0.1) is 0 Å². The molecule has 3 aromatic heterocycles. The zero-order valence-electron chi connectivity index (χ0n) is 40.4. The van der Waals surface area contributed by atoms with Gasteiger partial charge in [0.05, 0.1) is 22.8 Å². The maximum atomic E-state index is 5.62. The molecule has 0 radical (unpaired) electrons. The van der Waals surface area contributed by atoms with Crippen LogP contribution in [0.2, 0.25) is 0 Å². The Bertz CT molecular complexity index is 3210. The lowest BCUT2D eigenvalue weighted by Crippen LogP contribution is -2.16. The van der Waals surface area contributed by atoms with E-state index in [1.165, 1.54) is 29.4 Å². The molecule has 5 heterocycles. The predicted octanol–water partition coefficient (Wildman–Crippen LogP) is 17.7. The molecule has 0 saturated carbocycles. The lowest BCUT2D eigenvalue weighted by Gasteiger charge is -2.26. The number of aromatic nitrogens is 4. The van der Waals surface area contributed by atoms with Gasteiger partial charge in [0, 0.05) is 51.5 Å². The van der Waals surface area contributed by atoms with E-state index >= 15 is 0 Å². The third-order valence-corrected chi connectivity index (χ3v) is 14.4. The first-order valence-electron chi connectivity index (χ1n) is 23.0. The number of hydrogen-bond donors (Lipinski definition) is 2. The molecule has 0 aliphatic carbocycles. The summed E-state index contributed by atoms with van der Waals surface area (Å²) in [5.41, 5.74) is 21.2. The van der Waals surface area contributed by atoms with Crippen LogP contribution in [0, 0.1) is 7.14 Å². The number of benzene rings is 4. The van der Waals surface area contributed by atoms with Gasteiger partial charge in [0.1, 0.15) is 0 Å². The second kappa shape index (κ2) is 16.9. The molecule has 0 spiro atoms. The summed E-state index contributed by atoms with van der Waals surface area (Å²) in [6, 6.07) is 40.9. The minimum Gasteiger partial charge on any atom is -0.354 e. The molecule has 2 N–H and O–H groups in total. The molecule has 7 aromatic rings. The standard InChI is InChI=1S/C60H60I2N4/c1-57(2,3)39-29-37(30-40(33-39)58(4,5)6)55-49-25-23-47(64-49)53(35-13-17-43(61)18-14-35)45-21-22-46(63-45)54(36-15-19-44(62)20-16-36)48-24-26-50(65-48)56(52-28-27-51(55)66-52)38-31-41(59(7,8)9)34-42(32-38)60(10,11)12/h13-34,64,66H,1-12H3. The van der Waals surface area contributed by atoms with Crippen LogP contribution in [0.3, 0.4) is 0 Å². The van der Waals surface area contributed by atoms with Crippen LogP contribution in [0.25, 0.3) is 90.9 Å². The monoisotopic (exact) mass is 1090 g/mol. The van der Waals surface area contributed by atoms with E-state index < -0.39 is 0 Å². The van der Waals surface area contributed by atoms with Gasteiger partial charge in [0.25, 0.3) is 0 Å². The molecule has 0 fully saturated rings. The number of aromatic amines is 2. The van der Waals surface area contributed by atoms with Crippen molar-refractivity contribution in [3.05, 3.63) is 161 Å². The highest BCUT2D eigenvalue weighted by Gasteiger charge is 2.26. The Kier molecular flexibility index (Phi) is 11.8. The molecule has 0 saturated heterocycles. The van der Waals surface area contributed by atoms with Gasteiger partial charge in [-0.1, -0.05) is 144 Å². The fourth-order valence-corrected chi connectivity index (χ4v) is 9.65. The van der Waals surface area contributed by atoms with Crippen molar-refractivity contribution < 1.29 is 0 Å². The summed E-state index contributed by atoms with van der Waals surface area (Å²) in [6.07, 6.45) is 8.72. The predicted molar refractivity (Wildman–Crippen MR) is 301 cm³/mol. The van der Waals surface area contributed by atoms with E-state index in [1.54, 1.807) is 0 Å². The summed E-state index contributed by atoms with van der Waals surface area (Å²) < 4.78 is 2.36. The normalized spacial score (nSPS) is 13.2. The van der Waals surface area contributed by atoms with E-state index in [2.05, 4.69) is 272 Å². The Morgan fingerprint density at radius 3 is 0.924 bits per heavy atom. The van der Waals surface area contributed by atoms with Crippen LogP contribution >= 0.6 is 45.2 Å². The zero-order valence-corrected chi connectivity index (χ0v) is 44.7. The molecule has 4 nitrogen and oxygen atoms in total. The second-order valence-corrected chi connectivity index (χ2v) is 24.6. The van der Waals surface area contributed by atoms with Crippen LogP contribution in [-0.2, 0) is 21.7 Å². The van der Waals surface area contributed by atoms with E-state index in [0.29, 0.717) is 0 Å². The summed E-state index contributed by atoms with van der Waals surface area (Å²) in [4.78, 5) is 19.2. The number of nitrogens with zero attached hydrogens (tertiary/aromatic N) is 2. The van der Waals surface area contributed by atoms with E-state index in [1.807, 2.05) is 0 Å². The number of rotatable bonds is 4. The van der Waals surface area contributed by atoms with E-state index in [-0.39, 0.29) is 21.7 Å². The summed E-state index contributed by atoms with van der Waals surface area (Å²) >= 11 is 4.77. The summed E-state index contributed by atoms with van der Waals surface area (Å²) in [6.45, 7) is 27.7. The van der Waals surface area contributed by atoms with Crippen molar-refractivity contribution in [3.63, 3.8) is 0 Å². The highest BCUT2D eigenvalue weighted by Crippen LogP contribution is 2.42. The van der Waals surface area contributed by atoms with Crippen LogP contribution in [0.15, 0.2) is 109 Å². The Labute approximate surface area is 418 Å². The average Bonchev–Trinajstić information content (AvgIpc) is 4.09. The van der Waals surface area contributed by atoms with E-state index in [9.17, 15) is 0 Å². The van der Waals surface area contributed by atoms with Crippen LogP contribution in [-0.4, -0.2) is 19.9 Å². The van der Waals surface area contributed by atoms with Crippen molar-refractivity contribution in [2.45, 2.75) is 105 Å². The van der Waals surface area contributed by atoms with Gasteiger partial charge < -0.3 is 9.97 Å². The molecular weight excluding hydrogens is 1030 g/mol. The molecule has 0 unspecified atom stereocenters. The fraction of sp³-hybridized carbons (Fsp3) is 0.267. The molecule has 2 aliphatic heterocycles. The molecule has 9 rings (SSSR count). The highest BCUT2D eigenvalue weighted by molar-refractivity contribution is 14.1. The topological polar surface area (TPSA) is 57.4 Å². The second-order valence-electron chi connectivity index (χ2n) is 22.1. The average molecular weight is 1090 g/mol. The van der Waals surface area contributed by atoms with Crippen molar-refractivity contribution in [2.75, 3.05) is 0 Å². The van der Waals surface area contributed by atoms with Gasteiger partial charge in [0.2, 0.25) is 0 Å². The molecule has 8 bridgehead atoms. The molecule has 334 valence electrons. The van der Waals surface area contributed by atoms with E-state index in [4.69, 9.17) is 9.97 Å². The first-order valence-corrected chi connectivity index (χ1v) is 25.2. The number of nitrogens with one attached hydrogen (secondary N) is 2. The number of H-pyrrole nitrogens is 2. The third-order valence-electron chi connectivity index (χ3n) is 12.9. The number of hydrogen-bond acceptors (Lipinski definition) is 2. The van der Waals surface area contributed by atoms with Crippen LogP contribution < -0.4 is 0 Å². The molecule has 0 amide bonds. The molecule has 6 heteroatoms. The Hall–Kier alpha value is -5.06. The fourth-order valence-electron chi connectivity index (χ4n) is 8.93. The van der Waals surface area contributed by atoms with Crippen LogP contribution in [0.4, 0.5) is 0 Å². The highest BCUT2D eigenvalue weighted by atomic mass is 127. The lowest BCUT2D eigenvalue weighted by molar-refractivity contribution is 0.568. The van der Waals surface area contributed by atoms with Crippen molar-refractivity contribution >= 4 is 91.6 Å². The van der Waals surface area contributed by atoms with Gasteiger partial charge >= 0.3 is 0 Å². The largest absolute Gasteiger partial charge is 0.354 e. The summed E-state index contributed by atoms with van der Waals surface area (Å²) in [5, 5.41) is 0. The van der Waals surface area contributed by atoms with Crippen LogP contribution in [0.1, 0.15) is 128 Å². The zero-order chi connectivity index (χ0) is 47.1. The number of fused-ring (bicyclic) bond motifs is 8. The van der Waals surface area contributed by atoms with Crippen molar-refractivity contribution in [2.24, 2.45) is 0 Å². The quantitative estimate of drug-likeness (QED) is 0.173. The van der Waals surface area contributed by atoms with Gasteiger partial charge in [-0.05, 0) is 184 Å². The lowest BCUT2D eigenvalue weighted by atomic mass is 9.79. The maximum Gasteiger partial charge on any atom is 0.0738 e. The first-order chi connectivity index (χ1) is 31.0. The minimum atomic E-state index is -0.0729. The third kappa shape index (κ3) is 9.16. The molecule has 0 atom stereocenters. The molecular formula is C60H60I2N4. The molecule has 4 aromatic carbocycles. The van der Waals surface area contributed by atoms with Crippen molar-refractivity contribution in [1.82, 2.24) is 19.9 Å². The van der Waals surface area contributed by atoms with Gasteiger partial charge in [-0.3, -0.25) is 0 Å². The number of halogens is 2. The maximum absolute atomic E-state index is 5.62. The Balaban J connectivity index is 1.50. The smallest absolute Gasteiger partial charge is 0.0738 e. The van der Waals surface area contributed by atoms with Crippen molar-refractivity contribution in [1.29, 1.82) is 0 Å². The van der Waals surface area contributed by atoms with Gasteiger partial charge in [-0.2, -0.15) is 0 Å². The Morgan fingerprint density at radius 1 is 0.318 bits per heavy atom. The summed E-state index contributed by atoms with van der Waals surface area (Å²) in [7, 11) is 0. The van der Waals surface area contributed by atoms with Crippen LogP contribution in [0.5, 0.6) is 0 Å². The van der Waals surface area contributed by atoms with E-state index in [0.717, 1.165) is 89.4 Å². The molecule has 66 heavy (non-hydrogen) atoms.